The minimum atomic E-state index is -0.621. The van der Waals surface area contributed by atoms with Gasteiger partial charge in [-0.25, -0.2) is 8.91 Å². The Morgan fingerprint density at radius 2 is 2.00 bits per heavy atom. The maximum atomic E-state index is 14.5. The molecule has 2 amide bonds. The third-order valence-corrected chi connectivity index (χ3v) is 7.81. The van der Waals surface area contributed by atoms with Gasteiger partial charge in [0.2, 0.25) is 0 Å². The number of aryl methyl sites for hydroxylation is 1. The molecule has 0 unspecified atom stereocenters. The first-order valence-corrected chi connectivity index (χ1v) is 12.6. The zero-order valence-corrected chi connectivity index (χ0v) is 21.2. The van der Waals surface area contributed by atoms with Gasteiger partial charge in [-0.05, 0) is 51.4 Å². The predicted octanol–water partition coefficient (Wildman–Crippen LogP) is 3.79. The molecule has 2 N–H and O–H groups in total. The van der Waals surface area contributed by atoms with Gasteiger partial charge >= 0.3 is 0 Å². The molecule has 188 valence electrons. The van der Waals surface area contributed by atoms with Crippen LogP contribution in [0.3, 0.4) is 0 Å². The number of rotatable bonds is 7. The van der Waals surface area contributed by atoms with Gasteiger partial charge in [0.05, 0.1) is 28.5 Å². The first-order valence-electron chi connectivity index (χ1n) is 11.8. The van der Waals surface area contributed by atoms with Crippen LogP contribution in [-0.2, 0) is 7.05 Å². The molecule has 36 heavy (non-hydrogen) atoms. The molecule has 1 fully saturated rings. The number of halogens is 1. The van der Waals surface area contributed by atoms with Gasteiger partial charge in [0, 0.05) is 49.2 Å². The summed E-state index contributed by atoms with van der Waals surface area (Å²) in [4.78, 5) is 29.6. The Bertz CT molecular complexity index is 1440. The molecule has 1 saturated heterocycles. The normalized spacial score (nSPS) is 15.4. The monoisotopic (exact) mass is 509 g/mol. The molecule has 9 nitrogen and oxygen atoms in total. The average molecular weight is 510 g/mol. The second-order valence-electron chi connectivity index (χ2n) is 9.61. The number of nitrogens with zero attached hydrogens (tertiary/aromatic N) is 5. The van der Waals surface area contributed by atoms with Crippen molar-refractivity contribution in [2.24, 2.45) is 7.05 Å². The van der Waals surface area contributed by atoms with Crippen molar-refractivity contribution in [3.63, 3.8) is 0 Å². The highest BCUT2D eigenvalue weighted by Gasteiger charge is 2.31. The number of hydrogen-bond donors (Lipinski definition) is 2. The highest BCUT2D eigenvalue weighted by molar-refractivity contribution is 7.21. The third-order valence-electron chi connectivity index (χ3n) is 6.65. The van der Waals surface area contributed by atoms with E-state index in [1.54, 1.807) is 15.4 Å². The van der Waals surface area contributed by atoms with Crippen molar-refractivity contribution in [3.8, 4) is 10.4 Å². The van der Waals surface area contributed by atoms with E-state index in [4.69, 9.17) is 0 Å². The van der Waals surface area contributed by atoms with E-state index in [-0.39, 0.29) is 22.7 Å². The van der Waals surface area contributed by atoms with Crippen LogP contribution in [0.5, 0.6) is 0 Å². The summed E-state index contributed by atoms with van der Waals surface area (Å²) in [6.07, 6.45) is 9.18. The smallest absolute Gasteiger partial charge is 0.260 e. The van der Waals surface area contributed by atoms with Gasteiger partial charge in [-0.15, -0.1) is 11.3 Å². The first-order chi connectivity index (χ1) is 17.2. The maximum absolute atomic E-state index is 14.5. The zero-order chi connectivity index (χ0) is 25.4. The number of nitrogens with one attached hydrogen (secondary N) is 2. The van der Waals surface area contributed by atoms with Crippen molar-refractivity contribution in [2.45, 2.75) is 32.2 Å². The molecule has 0 bridgehead atoms. The topological polar surface area (TPSA) is 96.6 Å². The zero-order valence-electron chi connectivity index (χ0n) is 20.4. The Morgan fingerprint density at radius 3 is 2.72 bits per heavy atom. The molecule has 4 heterocycles. The summed E-state index contributed by atoms with van der Waals surface area (Å²) in [6.45, 7) is 6.68. The second kappa shape index (κ2) is 9.47. The van der Waals surface area contributed by atoms with Crippen LogP contribution < -0.4 is 10.6 Å². The summed E-state index contributed by atoms with van der Waals surface area (Å²) in [5.41, 5.74) is 1.59. The van der Waals surface area contributed by atoms with E-state index in [9.17, 15) is 14.0 Å². The minimum absolute atomic E-state index is 0.0586. The van der Waals surface area contributed by atoms with Crippen LogP contribution in [0.25, 0.3) is 15.3 Å². The molecule has 1 aliphatic rings. The molecule has 0 saturated carbocycles. The van der Waals surface area contributed by atoms with Crippen molar-refractivity contribution in [2.75, 3.05) is 25.0 Å². The van der Waals surface area contributed by atoms with E-state index in [1.807, 2.05) is 19.4 Å². The Morgan fingerprint density at radius 1 is 1.17 bits per heavy atom. The fraction of sp³-hybridized carbons (Fsp3) is 0.360. The number of aromatic nitrogens is 4. The van der Waals surface area contributed by atoms with Gasteiger partial charge < -0.3 is 10.6 Å². The average Bonchev–Trinajstić information content (AvgIpc) is 3.59. The van der Waals surface area contributed by atoms with Crippen LogP contribution in [0.1, 0.15) is 47.4 Å². The van der Waals surface area contributed by atoms with Crippen molar-refractivity contribution in [3.05, 3.63) is 59.9 Å². The van der Waals surface area contributed by atoms with E-state index in [2.05, 4.69) is 39.6 Å². The third kappa shape index (κ3) is 4.76. The van der Waals surface area contributed by atoms with Gasteiger partial charge in [0.1, 0.15) is 10.6 Å². The second-order valence-corrected chi connectivity index (χ2v) is 10.6. The van der Waals surface area contributed by atoms with Crippen LogP contribution in [0.4, 0.5) is 10.1 Å². The molecule has 0 atom stereocenters. The van der Waals surface area contributed by atoms with Crippen molar-refractivity contribution < 1.29 is 14.0 Å². The molecular weight excluding hydrogens is 481 g/mol. The lowest BCUT2D eigenvalue weighted by Gasteiger charge is -2.31. The van der Waals surface area contributed by atoms with Gasteiger partial charge in [0.25, 0.3) is 11.8 Å². The van der Waals surface area contributed by atoms with Crippen molar-refractivity contribution in [1.82, 2.24) is 29.6 Å². The summed E-state index contributed by atoms with van der Waals surface area (Å²) in [5, 5.41) is 13.9. The number of thiazole rings is 1. The van der Waals surface area contributed by atoms with E-state index < -0.39 is 11.7 Å². The van der Waals surface area contributed by atoms with E-state index in [1.165, 1.54) is 35.7 Å². The quantitative estimate of drug-likeness (QED) is 0.395. The number of carbonyl (C=O) groups is 2. The van der Waals surface area contributed by atoms with Gasteiger partial charge in [-0.3, -0.25) is 19.2 Å². The molecular formula is C25H28FN7O2S. The lowest BCUT2D eigenvalue weighted by Crippen LogP contribution is -2.43. The molecule has 4 aromatic rings. The van der Waals surface area contributed by atoms with Gasteiger partial charge in [-0.2, -0.15) is 10.2 Å². The van der Waals surface area contributed by atoms with Crippen LogP contribution in [0, 0.1) is 5.82 Å². The lowest BCUT2D eigenvalue weighted by molar-refractivity contribution is 0.0939. The molecule has 3 aromatic heterocycles. The molecule has 11 heteroatoms. The fourth-order valence-electron chi connectivity index (χ4n) is 4.56. The van der Waals surface area contributed by atoms with Crippen molar-refractivity contribution in [1.29, 1.82) is 0 Å². The number of anilines is 1. The summed E-state index contributed by atoms with van der Waals surface area (Å²) >= 11 is 1.39. The van der Waals surface area contributed by atoms with E-state index >= 15 is 0 Å². The van der Waals surface area contributed by atoms with Gasteiger partial charge in [-0.1, -0.05) is 0 Å². The van der Waals surface area contributed by atoms with Crippen LogP contribution in [0.2, 0.25) is 0 Å². The van der Waals surface area contributed by atoms with E-state index in [0.29, 0.717) is 16.9 Å². The van der Waals surface area contributed by atoms with Gasteiger partial charge in [0.15, 0.2) is 0 Å². The van der Waals surface area contributed by atoms with E-state index in [0.717, 1.165) is 36.4 Å². The molecule has 0 spiro atoms. The lowest BCUT2D eigenvalue weighted by atomic mass is 10.0. The highest BCUT2D eigenvalue weighted by Crippen LogP contribution is 2.31. The number of benzene rings is 1. The summed E-state index contributed by atoms with van der Waals surface area (Å²) in [5.74, 6) is -1.43. The number of hydrogen-bond acceptors (Lipinski definition) is 6. The Balaban J connectivity index is 1.27. The van der Waals surface area contributed by atoms with Crippen molar-refractivity contribution >= 4 is 33.7 Å². The number of likely N-dealkylation sites (tertiary alicyclic amines) is 1. The molecule has 1 aliphatic heterocycles. The Hall–Kier alpha value is -3.57. The largest absolute Gasteiger partial charge is 0.351 e. The number of fused-ring (bicyclic) bond motifs is 1. The minimum Gasteiger partial charge on any atom is -0.351 e. The Labute approximate surface area is 211 Å². The highest BCUT2D eigenvalue weighted by atomic mass is 32.1. The van der Waals surface area contributed by atoms with Crippen LogP contribution in [-0.4, -0.2) is 61.3 Å². The fourth-order valence-corrected chi connectivity index (χ4v) is 5.59. The first kappa shape index (κ1) is 24.1. The summed E-state index contributed by atoms with van der Waals surface area (Å²) in [6, 6.07) is 3.96. The summed E-state index contributed by atoms with van der Waals surface area (Å²) < 4.78 is 17.9. The summed E-state index contributed by atoms with van der Waals surface area (Å²) in [7, 11) is 1.83. The molecule has 1 aromatic carbocycles. The Kier molecular flexibility index (Phi) is 6.35. The predicted molar refractivity (Wildman–Crippen MR) is 137 cm³/mol. The molecule has 5 rings (SSSR count). The maximum Gasteiger partial charge on any atom is 0.260 e. The molecule has 0 aliphatic carbocycles. The standard InChI is InChI=1S/C25H28FN7O2S/c1-25(2)7-4-9-32(25)10-8-27-22(34)16-5-6-19(26)20(11-16)30-23(35)18-13-29-33-15-21(36-24(18)33)17-12-28-31(3)14-17/h5-6,11-15H,4,7-10H2,1-3H3,(H,27,34)(H,30,35). The SMILES string of the molecule is Cn1cc(-c2cn3ncc(C(=O)Nc4cc(C(=O)NCCN5CCCC5(C)C)ccc4F)c3s2)cn1. The number of amides is 2. The van der Waals surface area contributed by atoms with Crippen LogP contribution >= 0.6 is 11.3 Å². The van der Waals surface area contributed by atoms with Crippen LogP contribution in [0.15, 0.2) is 43.0 Å². The number of carbonyl (C=O) groups excluding carboxylic acids is 2. The molecule has 0 radical (unpaired) electrons.